The van der Waals surface area contributed by atoms with Crippen LogP contribution >= 0.6 is 0 Å². The van der Waals surface area contributed by atoms with E-state index in [0.29, 0.717) is 11.8 Å². The molecule has 0 radical (unpaired) electrons. The molecule has 0 bridgehead atoms. The molecule has 0 spiro atoms. The molecule has 1 fully saturated rings. The predicted octanol–water partition coefficient (Wildman–Crippen LogP) is 1.39. The molecule has 2 N–H and O–H groups in total. The molecular weight excluding hydrogens is 188 g/mol. The fourth-order valence-corrected chi connectivity index (χ4v) is 2.08. The molecule has 3 nitrogen and oxygen atoms in total. The van der Waals surface area contributed by atoms with Crippen LogP contribution in [-0.2, 0) is 4.79 Å². The minimum Gasteiger partial charge on any atom is -0.355 e. The maximum Gasteiger partial charge on any atom is 0.225 e. The minimum absolute atomic E-state index is 0.197. The quantitative estimate of drug-likeness (QED) is 0.723. The van der Waals surface area contributed by atoms with Gasteiger partial charge in [0.05, 0.1) is 0 Å². The lowest BCUT2D eigenvalue weighted by Gasteiger charge is -2.30. The van der Waals surface area contributed by atoms with E-state index in [1.54, 1.807) is 0 Å². The van der Waals surface area contributed by atoms with E-state index in [4.69, 9.17) is 0 Å². The highest BCUT2D eigenvalue weighted by Gasteiger charge is 2.29. The van der Waals surface area contributed by atoms with Crippen molar-refractivity contribution in [1.29, 1.82) is 0 Å². The fraction of sp³-hybridized carbons (Fsp3) is 0.917. The third kappa shape index (κ3) is 3.82. The maximum absolute atomic E-state index is 11.9. The van der Waals surface area contributed by atoms with Gasteiger partial charge in [-0.25, -0.2) is 0 Å². The van der Waals surface area contributed by atoms with Crippen LogP contribution in [0, 0.1) is 17.3 Å². The van der Waals surface area contributed by atoms with E-state index in [9.17, 15) is 4.79 Å². The molecule has 0 aromatic rings. The Hall–Kier alpha value is -0.570. The molecule has 1 heterocycles. The first kappa shape index (κ1) is 12.5. The third-order valence-corrected chi connectivity index (χ3v) is 2.95. The average Bonchev–Trinajstić information content (AvgIpc) is 1.98. The number of carbonyl (C=O) groups is 1. The van der Waals surface area contributed by atoms with Crippen LogP contribution in [0.4, 0.5) is 0 Å². The molecule has 1 rings (SSSR count). The number of carbonyl (C=O) groups excluding carboxylic acids is 1. The molecule has 0 aromatic carbocycles. The molecule has 1 aliphatic rings. The number of nitrogens with one attached hydrogen (secondary N) is 2. The molecule has 3 heteroatoms. The highest BCUT2D eigenvalue weighted by Crippen LogP contribution is 2.25. The van der Waals surface area contributed by atoms with Crippen molar-refractivity contribution in [2.75, 3.05) is 19.6 Å². The second kappa shape index (κ2) is 4.97. The van der Waals surface area contributed by atoms with Crippen LogP contribution in [0.1, 0.15) is 34.1 Å². The van der Waals surface area contributed by atoms with Crippen LogP contribution in [0.5, 0.6) is 0 Å². The van der Waals surface area contributed by atoms with Crippen LogP contribution in [0.15, 0.2) is 0 Å². The molecule has 15 heavy (non-hydrogen) atoms. The van der Waals surface area contributed by atoms with E-state index in [0.717, 1.165) is 26.1 Å². The number of amides is 1. The van der Waals surface area contributed by atoms with Crippen LogP contribution in [-0.4, -0.2) is 25.5 Å². The summed E-state index contributed by atoms with van der Waals surface area (Å²) in [6.07, 6.45) is 0.946. The van der Waals surface area contributed by atoms with Crippen LogP contribution < -0.4 is 10.6 Å². The molecule has 1 saturated heterocycles. The van der Waals surface area contributed by atoms with Crippen molar-refractivity contribution in [3.8, 4) is 0 Å². The Bertz CT molecular complexity index is 220. The van der Waals surface area contributed by atoms with Crippen LogP contribution in [0.2, 0.25) is 0 Å². The lowest BCUT2D eigenvalue weighted by molar-refractivity contribution is -0.130. The fourth-order valence-electron chi connectivity index (χ4n) is 2.08. The molecule has 0 saturated carbocycles. The Labute approximate surface area is 93.0 Å². The van der Waals surface area contributed by atoms with Gasteiger partial charge in [-0.05, 0) is 12.3 Å². The molecule has 1 amide bonds. The van der Waals surface area contributed by atoms with Crippen molar-refractivity contribution in [2.45, 2.75) is 34.1 Å². The van der Waals surface area contributed by atoms with Crippen molar-refractivity contribution in [1.82, 2.24) is 10.6 Å². The van der Waals surface area contributed by atoms with E-state index >= 15 is 0 Å². The van der Waals surface area contributed by atoms with E-state index in [2.05, 4.69) is 24.5 Å². The lowest BCUT2D eigenvalue weighted by Crippen LogP contribution is -2.50. The summed E-state index contributed by atoms with van der Waals surface area (Å²) in [5, 5.41) is 6.26. The summed E-state index contributed by atoms with van der Waals surface area (Å²) >= 11 is 0. The number of rotatable bonds is 5. The largest absolute Gasteiger partial charge is 0.355 e. The highest BCUT2D eigenvalue weighted by atomic mass is 16.2. The topological polar surface area (TPSA) is 41.1 Å². The van der Waals surface area contributed by atoms with Crippen molar-refractivity contribution in [3.05, 3.63) is 0 Å². The Morgan fingerprint density at radius 1 is 1.47 bits per heavy atom. The van der Waals surface area contributed by atoms with Gasteiger partial charge in [0.2, 0.25) is 5.91 Å². The average molecular weight is 212 g/mol. The van der Waals surface area contributed by atoms with E-state index < -0.39 is 0 Å². The molecular formula is C12H24N2O. The van der Waals surface area contributed by atoms with Crippen LogP contribution in [0.3, 0.4) is 0 Å². The zero-order valence-electron chi connectivity index (χ0n) is 10.4. The third-order valence-electron chi connectivity index (χ3n) is 2.95. The number of hydrogen-bond donors (Lipinski definition) is 2. The second-order valence-electron chi connectivity index (χ2n) is 5.72. The molecule has 0 aromatic heterocycles. The van der Waals surface area contributed by atoms with Gasteiger partial charge in [-0.2, -0.15) is 0 Å². The SMILES string of the molecule is CC(C)CC(C)(C)C(=O)NCC1CNC1. The van der Waals surface area contributed by atoms with Gasteiger partial charge in [0.1, 0.15) is 0 Å². The maximum atomic E-state index is 11.9. The molecule has 1 aliphatic heterocycles. The Morgan fingerprint density at radius 2 is 2.07 bits per heavy atom. The summed E-state index contributed by atoms with van der Waals surface area (Å²) in [6, 6.07) is 0. The zero-order chi connectivity index (χ0) is 11.5. The van der Waals surface area contributed by atoms with Gasteiger partial charge in [-0.1, -0.05) is 27.7 Å². The summed E-state index contributed by atoms with van der Waals surface area (Å²) < 4.78 is 0. The summed E-state index contributed by atoms with van der Waals surface area (Å²) in [7, 11) is 0. The van der Waals surface area contributed by atoms with Crippen LogP contribution in [0.25, 0.3) is 0 Å². The first-order chi connectivity index (χ1) is 6.92. The van der Waals surface area contributed by atoms with E-state index in [1.807, 2.05) is 13.8 Å². The molecule has 0 aliphatic carbocycles. The minimum atomic E-state index is -0.231. The summed E-state index contributed by atoms with van der Waals surface area (Å²) in [5.41, 5.74) is -0.231. The van der Waals surface area contributed by atoms with Gasteiger partial charge in [0.25, 0.3) is 0 Å². The normalized spacial score (nSPS) is 17.7. The summed E-state index contributed by atoms with van der Waals surface area (Å²) in [4.78, 5) is 11.9. The highest BCUT2D eigenvalue weighted by molar-refractivity contribution is 5.81. The van der Waals surface area contributed by atoms with Crippen molar-refractivity contribution >= 4 is 5.91 Å². The predicted molar refractivity (Wildman–Crippen MR) is 62.6 cm³/mol. The Balaban J connectivity index is 2.29. The lowest BCUT2D eigenvalue weighted by atomic mass is 9.83. The first-order valence-corrected chi connectivity index (χ1v) is 5.91. The van der Waals surface area contributed by atoms with Gasteiger partial charge in [-0.15, -0.1) is 0 Å². The van der Waals surface area contributed by atoms with Gasteiger partial charge in [-0.3, -0.25) is 4.79 Å². The summed E-state index contributed by atoms with van der Waals surface area (Å²) in [5.74, 6) is 1.41. The second-order valence-corrected chi connectivity index (χ2v) is 5.72. The van der Waals surface area contributed by atoms with E-state index in [1.165, 1.54) is 0 Å². The molecule has 88 valence electrons. The molecule has 0 unspecified atom stereocenters. The summed E-state index contributed by atoms with van der Waals surface area (Å²) in [6.45, 7) is 11.3. The smallest absolute Gasteiger partial charge is 0.225 e. The Kier molecular flexibility index (Phi) is 4.14. The van der Waals surface area contributed by atoms with Gasteiger partial charge in [0, 0.05) is 31.0 Å². The first-order valence-electron chi connectivity index (χ1n) is 5.91. The van der Waals surface area contributed by atoms with Crippen molar-refractivity contribution in [3.63, 3.8) is 0 Å². The standard InChI is InChI=1S/C12H24N2O/c1-9(2)5-12(3,4)11(15)14-8-10-6-13-7-10/h9-10,13H,5-8H2,1-4H3,(H,14,15). The van der Waals surface area contributed by atoms with Gasteiger partial charge >= 0.3 is 0 Å². The molecule has 0 atom stereocenters. The van der Waals surface area contributed by atoms with Gasteiger partial charge < -0.3 is 10.6 Å². The van der Waals surface area contributed by atoms with Crippen molar-refractivity contribution < 1.29 is 4.79 Å². The number of hydrogen-bond acceptors (Lipinski definition) is 2. The van der Waals surface area contributed by atoms with Crippen molar-refractivity contribution in [2.24, 2.45) is 17.3 Å². The zero-order valence-corrected chi connectivity index (χ0v) is 10.4. The van der Waals surface area contributed by atoms with E-state index in [-0.39, 0.29) is 11.3 Å². The Morgan fingerprint density at radius 3 is 2.47 bits per heavy atom. The van der Waals surface area contributed by atoms with Gasteiger partial charge in [0.15, 0.2) is 0 Å². The monoisotopic (exact) mass is 212 g/mol.